The largest absolute Gasteiger partial charge is 0.479 e. The molecule has 0 aromatic heterocycles. The average Bonchev–Trinajstić information content (AvgIpc) is 0.665. The summed E-state index contributed by atoms with van der Waals surface area (Å²) in [7, 11) is 0. The van der Waals surface area contributed by atoms with Crippen LogP contribution in [0.15, 0.2) is 23.3 Å². The minimum Gasteiger partial charge on any atom is -0.479 e. The van der Waals surface area contributed by atoms with Gasteiger partial charge in [0.05, 0.1) is 49.7 Å². The van der Waals surface area contributed by atoms with E-state index in [9.17, 15) is 85.6 Å². The van der Waals surface area contributed by atoms with Gasteiger partial charge in [-0.3, -0.25) is 9.59 Å². The fourth-order valence-electron chi connectivity index (χ4n) is 17.8. The molecule has 4 saturated heterocycles. The molecule has 5 aliphatic carbocycles. The molecule has 31 atom stereocenters. The zero-order valence-corrected chi connectivity index (χ0v) is 53.0. The lowest BCUT2D eigenvalue weighted by Crippen LogP contribution is -2.77. The summed E-state index contributed by atoms with van der Waals surface area (Å²) in [6.45, 7) is 18.7. The number of esters is 3. The number of hydrogen-bond donors (Lipinski definition) is 13. The van der Waals surface area contributed by atoms with Crippen molar-refractivity contribution in [3.05, 3.63) is 23.3 Å². The van der Waals surface area contributed by atoms with E-state index in [0.717, 1.165) is 19.4 Å². The second-order valence-corrected chi connectivity index (χ2v) is 28.7. The van der Waals surface area contributed by atoms with Crippen molar-refractivity contribution in [2.24, 2.45) is 50.2 Å². The van der Waals surface area contributed by atoms with Crippen molar-refractivity contribution in [3.8, 4) is 0 Å². The third-order valence-corrected chi connectivity index (χ3v) is 23.0. The average molecular weight is 1290 g/mol. The van der Waals surface area contributed by atoms with Crippen LogP contribution in [0.5, 0.6) is 0 Å². The summed E-state index contributed by atoms with van der Waals surface area (Å²) in [5, 5.41) is 147. The Balaban J connectivity index is 1.05. The number of aliphatic hydroxyl groups is 12. The van der Waals surface area contributed by atoms with Gasteiger partial charge in [0.2, 0.25) is 0 Å². The van der Waals surface area contributed by atoms with Crippen LogP contribution in [0.3, 0.4) is 0 Å². The minimum atomic E-state index is -2.16. The van der Waals surface area contributed by atoms with Crippen LogP contribution in [0.2, 0.25) is 0 Å². The summed E-state index contributed by atoms with van der Waals surface area (Å²) in [4.78, 5) is 51.8. The molecule has 0 aromatic rings. The van der Waals surface area contributed by atoms with Gasteiger partial charge >= 0.3 is 23.9 Å². The lowest BCUT2D eigenvalue weighted by atomic mass is 9.32. The number of rotatable bonds is 15. The van der Waals surface area contributed by atoms with Crippen molar-refractivity contribution in [1.29, 1.82) is 0 Å². The lowest BCUT2D eigenvalue weighted by molar-refractivity contribution is -0.392. The summed E-state index contributed by atoms with van der Waals surface area (Å²) in [6, 6.07) is 0. The number of carboxylic acids is 1. The van der Waals surface area contributed by atoms with Crippen LogP contribution in [-0.2, 0) is 71.3 Å². The van der Waals surface area contributed by atoms with Crippen LogP contribution < -0.4 is 0 Å². The number of ether oxygens (including phenoxy) is 11. The van der Waals surface area contributed by atoms with Crippen LogP contribution in [0.25, 0.3) is 0 Å². The van der Waals surface area contributed by atoms with Crippen LogP contribution in [0.1, 0.15) is 122 Å². The maximum Gasteiger partial charge on any atom is 0.335 e. The molecule has 31 unspecified atom stereocenters. The van der Waals surface area contributed by atoms with Crippen LogP contribution in [-0.4, -0.2) is 257 Å². The molecular formula is C62H96O28. The van der Waals surface area contributed by atoms with E-state index in [1.165, 1.54) is 19.9 Å². The molecule has 4 heterocycles. The molecular weight excluding hydrogens is 1190 g/mol. The van der Waals surface area contributed by atoms with E-state index in [1.807, 2.05) is 34.6 Å². The number of aliphatic carboxylic acids is 1. The summed E-state index contributed by atoms with van der Waals surface area (Å²) < 4.78 is 66.9. The second-order valence-electron chi connectivity index (χ2n) is 28.7. The number of hydrogen-bond acceptors (Lipinski definition) is 27. The Hall–Kier alpha value is -3.44. The Kier molecular flexibility index (Phi) is 20.4. The Morgan fingerprint density at radius 1 is 0.633 bits per heavy atom. The molecule has 0 aromatic carbocycles. The van der Waals surface area contributed by atoms with Crippen molar-refractivity contribution < 1.29 is 138 Å². The number of aliphatic hydroxyl groups excluding tert-OH is 12. The van der Waals surface area contributed by atoms with Gasteiger partial charge in [-0.1, -0.05) is 66.2 Å². The zero-order valence-electron chi connectivity index (χ0n) is 53.0. The first-order chi connectivity index (χ1) is 41.9. The van der Waals surface area contributed by atoms with E-state index in [2.05, 4.69) is 19.9 Å². The van der Waals surface area contributed by atoms with Crippen molar-refractivity contribution in [2.45, 2.75) is 269 Å². The van der Waals surface area contributed by atoms with Gasteiger partial charge in [-0.15, -0.1) is 0 Å². The smallest absolute Gasteiger partial charge is 0.335 e. The maximum atomic E-state index is 14.2. The van der Waals surface area contributed by atoms with Gasteiger partial charge in [-0.25, -0.2) is 9.59 Å². The molecule has 8 fully saturated rings. The van der Waals surface area contributed by atoms with Crippen molar-refractivity contribution in [2.75, 3.05) is 19.8 Å². The third kappa shape index (κ3) is 11.6. The maximum absolute atomic E-state index is 14.2. The molecule has 0 bridgehead atoms. The van der Waals surface area contributed by atoms with E-state index < -0.39 is 229 Å². The van der Waals surface area contributed by atoms with Crippen molar-refractivity contribution in [1.82, 2.24) is 0 Å². The second kappa shape index (κ2) is 25.9. The highest BCUT2D eigenvalue weighted by molar-refractivity contribution is 5.87. The van der Waals surface area contributed by atoms with Gasteiger partial charge in [0.15, 0.2) is 43.5 Å². The molecule has 512 valence electrons. The molecule has 9 rings (SSSR count). The number of carboxylic acid groups (broad SMARTS) is 1. The normalized spacial score (nSPS) is 49.9. The van der Waals surface area contributed by atoms with E-state index in [1.54, 1.807) is 6.92 Å². The first kappa shape index (κ1) is 70.9. The highest BCUT2D eigenvalue weighted by atomic mass is 16.8. The topological polar surface area (TPSA) is 433 Å². The third-order valence-electron chi connectivity index (χ3n) is 23.0. The highest BCUT2D eigenvalue weighted by Crippen LogP contribution is 2.76. The van der Waals surface area contributed by atoms with Crippen LogP contribution >= 0.6 is 0 Å². The van der Waals surface area contributed by atoms with Gasteiger partial charge in [0, 0.05) is 24.8 Å². The zero-order chi connectivity index (χ0) is 66.6. The summed E-state index contributed by atoms with van der Waals surface area (Å²) in [6.07, 6.45) is -34.5. The van der Waals surface area contributed by atoms with Crippen LogP contribution in [0.4, 0.5) is 0 Å². The molecule has 9 aliphatic rings. The Morgan fingerprint density at radius 3 is 1.87 bits per heavy atom. The van der Waals surface area contributed by atoms with E-state index in [4.69, 9.17) is 52.1 Å². The predicted octanol–water partition coefficient (Wildman–Crippen LogP) is -1.26. The molecule has 4 saturated carbocycles. The summed E-state index contributed by atoms with van der Waals surface area (Å²) in [5.41, 5.74) is -5.45. The summed E-state index contributed by atoms with van der Waals surface area (Å²) in [5.74, 6) is -5.23. The Labute approximate surface area is 522 Å². The molecule has 90 heavy (non-hydrogen) atoms. The molecule has 4 aliphatic heterocycles. The molecule has 13 N–H and O–H groups in total. The van der Waals surface area contributed by atoms with E-state index in [-0.39, 0.29) is 30.3 Å². The molecule has 28 nitrogen and oxygen atoms in total. The van der Waals surface area contributed by atoms with Crippen LogP contribution in [0, 0.1) is 50.2 Å². The standard InChI is InChI=1S/C62H96O28/c1-13-24(2)52(79)89-50-49(90-55-41(74)44(83-27(5)66)42(25(3)81-55)82-26(4)65)57(6,7)20-29-28-14-15-33-59(10)18-17-34(58(8,9)32(59)16-19-60(33,11)61(28,12)47(75)48(76)62(29,50)23-64)85-56-46(88-54-39(72)37(70)36(69)31(21-63)84-54)43(40(73)45(87-56)51(77)78)86-53-38(71)35(68)30(67)22-80-53/h13-14,25,29-50,53-56,63-64,67-76H,15-23H2,1-12H3,(H,77,78). The van der Waals surface area contributed by atoms with Crippen molar-refractivity contribution in [3.63, 3.8) is 0 Å². The molecule has 0 radical (unpaired) electrons. The molecule has 28 heteroatoms. The lowest BCUT2D eigenvalue weighted by Gasteiger charge is -2.73. The number of carbonyl (C=O) groups excluding carboxylic acids is 3. The minimum absolute atomic E-state index is 0.171. The van der Waals surface area contributed by atoms with Crippen molar-refractivity contribution >= 4 is 23.9 Å². The number of carbonyl (C=O) groups is 4. The SMILES string of the molecule is CC=C(C)C(=O)OC1C(OC2OC(C)C(OC(C)=O)C(OC(C)=O)C2O)C(C)(C)CC2C3=CCC4C5(C)CCC(OC6OC(C(=O)O)C(O)C(OC7OCC(O)C(O)C7O)C6OC6OC(CO)C(O)C(O)C6O)C(C)(C)C5CCC4(C)C3(C)C(O)C(O)C21CO. The fraction of sp³-hybridized carbons (Fsp3) is 0.871. The summed E-state index contributed by atoms with van der Waals surface area (Å²) >= 11 is 0. The van der Waals surface area contributed by atoms with Gasteiger partial charge < -0.3 is 118 Å². The van der Waals surface area contributed by atoms with Gasteiger partial charge in [-0.2, -0.15) is 0 Å². The quantitative estimate of drug-likeness (QED) is 0.0299. The molecule has 0 amide bonds. The van der Waals surface area contributed by atoms with E-state index >= 15 is 0 Å². The monoisotopic (exact) mass is 1290 g/mol. The fourth-order valence-corrected chi connectivity index (χ4v) is 17.8. The first-order valence-electron chi connectivity index (χ1n) is 31.3. The number of fused-ring (bicyclic) bond motifs is 7. The highest BCUT2D eigenvalue weighted by Gasteiger charge is 2.77. The molecule has 0 spiro atoms. The Morgan fingerprint density at radius 2 is 1.26 bits per heavy atom. The van der Waals surface area contributed by atoms with Gasteiger partial charge in [0.1, 0.15) is 79.4 Å². The van der Waals surface area contributed by atoms with Gasteiger partial charge in [-0.05, 0) is 98.7 Å². The van der Waals surface area contributed by atoms with E-state index in [0.29, 0.717) is 25.7 Å². The van der Waals surface area contributed by atoms with Gasteiger partial charge in [0.25, 0.3) is 0 Å². The number of allylic oxidation sites excluding steroid dienone is 2. The Bertz CT molecular complexity index is 2690. The first-order valence-corrected chi connectivity index (χ1v) is 31.3. The predicted molar refractivity (Wildman–Crippen MR) is 304 cm³/mol.